The second kappa shape index (κ2) is 4.20. The van der Waals surface area contributed by atoms with Crippen LogP contribution in [0.3, 0.4) is 0 Å². The van der Waals surface area contributed by atoms with E-state index in [1.807, 2.05) is 30.3 Å². The van der Waals surface area contributed by atoms with Gasteiger partial charge in [-0.15, -0.1) is 0 Å². The Balaban J connectivity index is 2.76. The molecule has 50 valence electrons. The average molecular weight is 192 g/mol. The second-order valence-corrected chi connectivity index (χ2v) is 2.73. The van der Waals surface area contributed by atoms with Gasteiger partial charge in [-0.05, 0) is 0 Å². The third kappa shape index (κ3) is 2.29. The van der Waals surface area contributed by atoms with E-state index in [9.17, 15) is 0 Å². The maximum absolute atomic E-state index is 3.06. The third-order valence-corrected chi connectivity index (χ3v) is 1.54. The Hall–Kier alpha value is -0.662. The molecule has 1 aromatic rings. The van der Waals surface area contributed by atoms with Crippen molar-refractivity contribution in [2.45, 2.75) is 5.21 Å². The molecule has 0 aliphatic heterocycles. The third-order valence-electron chi connectivity index (χ3n) is 1.11. The van der Waals surface area contributed by atoms with Crippen molar-refractivity contribution in [1.82, 2.24) is 0 Å². The molecular weight excluding hydrogens is 183 g/mol. The molecule has 1 rings (SSSR count). The molecule has 0 nitrogen and oxygen atoms in total. The molecule has 0 saturated heterocycles. The van der Waals surface area contributed by atoms with E-state index < -0.39 is 0 Å². The van der Waals surface area contributed by atoms with E-state index in [0.717, 1.165) is 10.8 Å². The Labute approximate surface area is 70.1 Å². The van der Waals surface area contributed by atoms with Crippen LogP contribution in [-0.4, -0.2) is 16.9 Å². The normalized spacial score (nSPS) is 8.10. The van der Waals surface area contributed by atoms with Crippen LogP contribution in [-0.2, 0) is 0 Å². The minimum atomic E-state index is 0.988. The summed E-state index contributed by atoms with van der Waals surface area (Å²) >= 11 is 1.66. The zero-order chi connectivity index (χ0) is 7.23. The van der Waals surface area contributed by atoms with Gasteiger partial charge in [0, 0.05) is 0 Å². The molecular formula is C9H9As. The molecule has 1 aromatic carbocycles. The summed E-state index contributed by atoms with van der Waals surface area (Å²) in [6.45, 7) is 0. The van der Waals surface area contributed by atoms with E-state index >= 15 is 0 Å². The summed E-state index contributed by atoms with van der Waals surface area (Å²) in [5.41, 5.74) is 1.11. The molecule has 0 aliphatic carbocycles. The fraction of sp³-hybridized carbons (Fsp3) is 0.111. The fourth-order valence-electron chi connectivity index (χ4n) is 0.675. The van der Waals surface area contributed by atoms with Gasteiger partial charge in [-0.2, -0.15) is 0 Å². The quantitative estimate of drug-likeness (QED) is 0.426. The molecule has 0 heterocycles. The van der Waals surface area contributed by atoms with Crippen LogP contribution in [0.2, 0.25) is 5.21 Å². The summed E-state index contributed by atoms with van der Waals surface area (Å²) < 4.78 is 0. The van der Waals surface area contributed by atoms with Crippen LogP contribution in [0, 0.1) is 11.8 Å². The molecule has 0 amide bonds. The van der Waals surface area contributed by atoms with Crippen molar-refractivity contribution in [3.63, 3.8) is 0 Å². The van der Waals surface area contributed by atoms with Crippen molar-refractivity contribution < 1.29 is 0 Å². The Bertz CT molecular complexity index is 240. The summed E-state index contributed by atoms with van der Waals surface area (Å²) in [4.78, 5) is 0. The Morgan fingerprint density at radius 1 is 1.20 bits per heavy atom. The van der Waals surface area contributed by atoms with Gasteiger partial charge >= 0.3 is 69.8 Å². The molecule has 0 saturated carbocycles. The van der Waals surface area contributed by atoms with Crippen molar-refractivity contribution in [2.75, 3.05) is 0 Å². The first-order chi connectivity index (χ1) is 4.93. The summed E-state index contributed by atoms with van der Waals surface area (Å²) in [5.74, 6) is 6.10. The van der Waals surface area contributed by atoms with Crippen LogP contribution in [0.5, 0.6) is 0 Å². The van der Waals surface area contributed by atoms with Crippen molar-refractivity contribution in [3.05, 3.63) is 35.9 Å². The van der Waals surface area contributed by atoms with E-state index in [2.05, 4.69) is 11.8 Å². The van der Waals surface area contributed by atoms with Crippen LogP contribution in [0.4, 0.5) is 0 Å². The van der Waals surface area contributed by atoms with E-state index in [1.54, 1.807) is 16.9 Å². The molecule has 0 aromatic heterocycles. The minimum absolute atomic E-state index is 0.988. The second-order valence-electron chi connectivity index (χ2n) is 1.87. The zero-order valence-electron chi connectivity index (χ0n) is 5.67. The monoisotopic (exact) mass is 192 g/mol. The molecule has 1 atom stereocenters. The Kier molecular flexibility index (Phi) is 3.13. The first kappa shape index (κ1) is 7.45. The van der Waals surface area contributed by atoms with Gasteiger partial charge in [0.05, 0.1) is 0 Å². The molecule has 1 unspecified atom stereocenters. The van der Waals surface area contributed by atoms with Crippen molar-refractivity contribution in [1.29, 1.82) is 0 Å². The first-order valence-electron chi connectivity index (χ1n) is 3.17. The van der Waals surface area contributed by atoms with Gasteiger partial charge in [-0.25, -0.2) is 0 Å². The number of hydrogen-bond donors (Lipinski definition) is 0. The van der Waals surface area contributed by atoms with Gasteiger partial charge in [0.15, 0.2) is 0 Å². The van der Waals surface area contributed by atoms with Crippen LogP contribution < -0.4 is 0 Å². The number of hydrogen-bond acceptors (Lipinski definition) is 0. The average Bonchev–Trinajstić information content (AvgIpc) is 2.03. The van der Waals surface area contributed by atoms with Gasteiger partial charge in [0.25, 0.3) is 0 Å². The predicted molar refractivity (Wildman–Crippen MR) is 46.7 cm³/mol. The SMILES string of the molecule is [AsH2]CC#Cc1ccccc1. The van der Waals surface area contributed by atoms with Crippen LogP contribution in [0.1, 0.15) is 5.56 Å². The van der Waals surface area contributed by atoms with Gasteiger partial charge < -0.3 is 0 Å². The van der Waals surface area contributed by atoms with Crippen molar-refractivity contribution in [2.24, 2.45) is 0 Å². The molecule has 0 radical (unpaired) electrons. The number of rotatable bonds is 0. The molecule has 0 bridgehead atoms. The topological polar surface area (TPSA) is 0 Å². The standard InChI is InChI=1S/C9H9As/c10-8-4-7-9-5-2-1-3-6-9/h1-3,5-6H,8,10H2. The molecule has 1 heteroatoms. The van der Waals surface area contributed by atoms with Gasteiger partial charge in [0.2, 0.25) is 0 Å². The molecule has 0 fully saturated rings. The first-order valence-corrected chi connectivity index (χ1v) is 4.89. The van der Waals surface area contributed by atoms with Crippen molar-refractivity contribution in [3.8, 4) is 11.8 Å². The zero-order valence-corrected chi connectivity index (χ0v) is 8.09. The van der Waals surface area contributed by atoms with Crippen LogP contribution in [0.15, 0.2) is 30.3 Å². The van der Waals surface area contributed by atoms with Crippen molar-refractivity contribution >= 4 is 16.9 Å². The molecule has 0 N–H and O–H groups in total. The predicted octanol–water partition coefficient (Wildman–Crippen LogP) is 1.09. The van der Waals surface area contributed by atoms with E-state index in [4.69, 9.17) is 0 Å². The Morgan fingerprint density at radius 3 is 2.50 bits per heavy atom. The van der Waals surface area contributed by atoms with Gasteiger partial charge in [-0.3, -0.25) is 0 Å². The summed E-state index contributed by atoms with van der Waals surface area (Å²) in [5, 5.41) is 0.988. The van der Waals surface area contributed by atoms with E-state index in [0.29, 0.717) is 0 Å². The van der Waals surface area contributed by atoms with Gasteiger partial charge in [-0.1, -0.05) is 0 Å². The fourth-order valence-corrected chi connectivity index (χ4v) is 0.889. The Morgan fingerprint density at radius 2 is 1.90 bits per heavy atom. The van der Waals surface area contributed by atoms with Crippen LogP contribution in [0.25, 0.3) is 0 Å². The summed E-state index contributed by atoms with van der Waals surface area (Å²) in [7, 11) is 0. The van der Waals surface area contributed by atoms with Gasteiger partial charge in [0.1, 0.15) is 0 Å². The van der Waals surface area contributed by atoms with Crippen LogP contribution >= 0.6 is 0 Å². The molecule has 10 heavy (non-hydrogen) atoms. The molecule has 0 spiro atoms. The summed E-state index contributed by atoms with van der Waals surface area (Å²) in [6.07, 6.45) is 0. The van der Waals surface area contributed by atoms with E-state index in [1.165, 1.54) is 0 Å². The van der Waals surface area contributed by atoms with E-state index in [-0.39, 0.29) is 0 Å². The molecule has 0 aliphatic rings. The maximum atomic E-state index is 3.06. The number of benzene rings is 1. The summed E-state index contributed by atoms with van der Waals surface area (Å²) in [6, 6.07) is 10.1.